The van der Waals surface area contributed by atoms with Gasteiger partial charge in [-0.15, -0.1) is 0 Å². The Morgan fingerprint density at radius 3 is 2.88 bits per heavy atom. The topological polar surface area (TPSA) is 43.6 Å². The Morgan fingerprint density at radius 1 is 1.25 bits per heavy atom. The highest BCUT2D eigenvalue weighted by Gasteiger charge is 2.15. The van der Waals surface area contributed by atoms with Crippen molar-refractivity contribution < 1.29 is 0 Å². The average molecular weight is 212 g/mol. The molecule has 1 unspecified atom stereocenters. The van der Waals surface area contributed by atoms with Gasteiger partial charge in [0.15, 0.2) is 0 Å². The molecule has 0 aromatic carbocycles. The first-order valence-corrected chi connectivity index (χ1v) is 5.40. The van der Waals surface area contributed by atoms with Crippen molar-refractivity contribution in [2.75, 3.05) is 0 Å². The molecule has 0 radical (unpaired) electrons. The molecule has 4 nitrogen and oxygen atoms in total. The molecule has 4 heteroatoms. The molecule has 0 saturated heterocycles. The van der Waals surface area contributed by atoms with Gasteiger partial charge >= 0.3 is 0 Å². The van der Waals surface area contributed by atoms with Crippen molar-refractivity contribution >= 4 is 0 Å². The lowest BCUT2D eigenvalue weighted by Gasteiger charge is -2.13. The molecule has 0 amide bonds. The van der Waals surface area contributed by atoms with Crippen LogP contribution in [0.2, 0.25) is 0 Å². The van der Waals surface area contributed by atoms with Gasteiger partial charge in [-0.3, -0.25) is 0 Å². The van der Waals surface area contributed by atoms with Crippen molar-refractivity contribution in [2.24, 2.45) is 0 Å². The second kappa shape index (κ2) is 3.89. The Balaban J connectivity index is 2.02. The summed E-state index contributed by atoms with van der Waals surface area (Å²) in [5.74, 6) is 0.942. The second-order valence-electron chi connectivity index (χ2n) is 3.86. The Bertz CT molecular complexity index is 501. The first kappa shape index (κ1) is 9.27. The molecule has 0 N–H and O–H groups in total. The van der Waals surface area contributed by atoms with E-state index in [1.807, 2.05) is 12.4 Å². The van der Waals surface area contributed by atoms with Crippen molar-refractivity contribution in [2.45, 2.75) is 18.9 Å². The smallest absolute Gasteiger partial charge is 0.143 e. The van der Waals surface area contributed by atoms with Crippen molar-refractivity contribution in [1.82, 2.24) is 19.5 Å². The standard InChI is InChI=1S/C12H12N4/c1-2-4-11(3-1)16-6-5-15-12(16)10-7-13-9-14-8-10/h1,3,5-9,11H,2,4H2. The summed E-state index contributed by atoms with van der Waals surface area (Å²) in [6, 6.07) is 0.428. The zero-order valence-corrected chi connectivity index (χ0v) is 8.82. The number of aromatic nitrogens is 4. The SMILES string of the molecule is C1=CC(n2ccnc2-c2cncnc2)CC1. The predicted octanol–water partition coefficient (Wildman–Crippen LogP) is 2.23. The van der Waals surface area contributed by atoms with Gasteiger partial charge in [0.1, 0.15) is 12.2 Å². The fourth-order valence-electron chi connectivity index (χ4n) is 2.07. The highest BCUT2D eigenvalue weighted by atomic mass is 15.1. The van der Waals surface area contributed by atoms with Gasteiger partial charge in [0, 0.05) is 24.8 Å². The summed E-state index contributed by atoms with van der Waals surface area (Å²) in [4.78, 5) is 12.4. The minimum atomic E-state index is 0.428. The molecule has 1 atom stereocenters. The van der Waals surface area contributed by atoms with E-state index in [0.717, 1.165) is 24.2 Å². The normalized spacial score (nSPS) is 19.1. The Kier molecular flexibility index (Phi) is 2.25. The van der Waals surface area contributed by atoms with Gasteiger partial charge in [0.25, 0.3) is 0 Å². The third-order valence-electron chi connectivity index (χ3n) is 2.83. The molecular formula is C12H12N4. The van der Waals surface area contributed by atoms with E-state index in [-0.39, 0.29) is 0 Å². The van der Waals surface area contributed by atoms with E-state index < -0.39 is 0 Å². The molecule has 2 aromatic heterocycles. The molecule has 0 fully saturated rings. The molecule has 2 heterocycles. The Labute approximate surface area is 93.7 Å². The molecule has 16 heavy (non-hydrogen) atoms. The summed E-state index contributed by atoms with van der Waals surface area (Å²) >= 11 is 0. The zero-order chi connectivity index (χ0) is 10.8. The summed E-state index contributed by atoms with van der Waals surface area (Å²) in [5.41, 5.74) is 0.966. The lowest BCUT2D eigenvalue weighted by molar-refractivity contribution is 0.596. The van der Waals surface area contributed by atoms with E-state index in [4.69, 9.17) is 0 Å². The van der Waals surface area contributed by atoms with E-state index in [0.29, 0.717) is 6.04 Å². The average Bonchev–Trinajstić information content (AvgIpc) is 3.01. The van der Waals surface area contributed by atoms with Crippen molar-refractivity contribution in [3.05, 3.63) is 43.3 Å². The lowest BCUT2D eigenvalue weighted by Crippen LogP contribution is -2.04. The molecule has 1 aliphatic rings. The van der Waals surface area contributed by atoms with E-state index in [9.17, 15) is 0 Å². The number of rotatable bonds is 2. The minimum absolute atomic E-state index is 0.428. The first-order valence-electron chi connectivity index (χ1n) is 5.40. The Hall–Kier alpha value is -1.97. The van der Waals surface area contributed by atoms with Crippen LogP contribution in [0.1, 0.15) is 18.9 Å². The summed E-state index contributed by atoms with van der Waals surface area (Å²) < 4.78 is 2.18. The third-order valence-corrected chi connectivity index (χ3v) is 2.83. The van der Waals surface area contributed by atoms with Crippen LogP contribution in [0.25, 0.3) is 11.4 Å². The predicted molar refractivity (Wildman–Crippen MR) is 60.7 cm³/mol. The van der Waals surface area contributed by atoms with Crippen LogP contribution in [0.15, 0.2) is 43.3 Å². The van der Waals surface area contributed by atoms with E-state index in [2.05, 4.69) is 31.7 Å². The molecule has 80 valence electrons. The van der Waals surface area contributed by atoms with Crippen LogP contribution >= 0.6 is 0 Å². The number of allylic oxidation sites excluding steroid dienone is 2. The first-order chi connectivity index (χ1) is 7.95. The van der Waals surface area contributed by atoms with Gasteiger partial charge in [-0.2, -0.15) is 0 Å². The molecule has 0 saturated carbocycles. The summed E-state index contributed by atoms with van der Waals surface area (Å²) in [6.07, 6.45) is 15.7. The van der Waals surface area contributed by atoms with Crippen molar-refractivity contribution in [3.63, 3.8) is 0 Å². The zero-order valence-electron chi connectivity index (χ0n) is 8.82. The molecule has 1 aliphatic carbocycles. The van der Waals surface area contributed by atoms with Crippen LogP contribution in [0.3, 0.4) is 0 Å². The van der Waals surface area contributed by atoms with Gasteiger partial charge in [-0.25, -0.2) is 15.0 Å². The van der Waals surface area contributed by atoms with Crippen LogP contribution in [0.4, 0.5) is 0 Å². The molecule has 0 bridgehead atoms. The van der Waals surface area contributed by atoms with Crippen molar-refractivity contribution in [1.29, 1.82) is 0 Å². The summed E-state index contributed by atoms with van der Waals surface area (Å²) in [5, 5.41) is 0. The number of imidazole rings is 1. The second-order valence-corrected chi connectivity index (χ2v) is 3.86. The largest absolute Gasteiger partial charge is 0.324 e. The van der Waals surface area contributed by atoms with E-state index in [1.54, 1.807) is 12.4 Å². The van der Waals surface area contributed by atoms with Gasteiger partial charge in [-0.1, -0.05) is 12.2 Å². The van der Waals surface area contributed by atoms with Crippen LogP contribution in [-0.4, -0.2) is 19.5 Å². The van der Waals surface area contributed by atoms with Crippen LogP contribution in [0.5, 0.6) is 0 Å². The molecule has 2 aromatic rings. The number of hydrogen-bond acceptors (Lipinski definition) is 3. The Morgan fingerprint density at radius 2 is 2.12 bits per heavy atom. The van der Waals surface area contributed by atoms with Crippen molar-refractivity contribution in [3.8, 4) is 11.4 Å². The molecule has 3 rings (SSSR count). The number of nitrogens with zero attached hydrogens (tertiary/aromatic N) is 4. The summed E-state index contributed by atoms with van der Waals surface area (Å²) in [7, 11) is 0. The van der Waals surface area contributed by atoms with Crippen LogP contribution < -0.4 is 0 Å². The van der Waals surface area contributed by atoms with E-state index >= 15 is 0 Å². The maximum Gasteiger partial charge on any atom is 0.143 e. The van der Waals surface area contributed by atoms with Gasteiger partial charge in [0.05, 0.1) is 11.6 Å². The van der Waals surface area contributed by atoms with Gasteiger partial charge in [0.2, 0.25) is 0 Å². The minimum Gasteiger partial charge on any atom is -0.324 e. The highest BCUT2D eigenvalue weighted by Crippen LogP contribution is 2.27. The monoisotopic (exact) mass is 212 g/mol. The lowest BCUT2D eigenvalue weighted by atomic mass is 10.2. The van der Waals surface area contributed by atoms with E-state index in [1.165, 1.54) is 6.33 Å². The van der Waals surface area contributed by atoms with Gasteiger partial charge in [-0.05, 0) is 12.8 Å². The van der Waals surface area contributed by atoms with Crippen LogP contribution in [0, 0.1) is 0 Å². The highest BCUT2D eigenvalue weighted by molar-refractivity contribution is 5.52. The fourth-order valence-corrected chi connectivity index (χ4v) is 2.07. The maximum absolute atomic E-state index is 4.38. The maximum atomic E-state index is 4.38. The van der Waals surface area contributed by atoms with Crippen LogP contribution in [-0.2, 0) is 0 Å². The molecule has 0 spiro atoms. The quantitative estimate of drug-likeness (QED) is 0.717. The third kappa shape index (κ3) is 1.52. The summed E-state index contributed by atoms with van der Waals surface area (Å²) in [6.45, 7) is 0. The fraction of sp³-hybridized carbons (Fsp3) is 0.250. The number of hydrogen-bond donors (Lipinski definition) is 0. The van der Waals surface area contributed by atoms with Gasteiger partial charge < -0.3 is 4.57 Å². The molecule has 0 aliphatic heterocycles. The molecular weight excluding hydrogens is 200 g/mol.